The molecule has 0 saturated heterocycles. The molecule has 0 heterocycles. The molecule has 0 aromatic heterocycles. The highest BCUT2D eigenvalue weighted by atomic mass is 19.4. The van der Waals surface area contributed by atoms with Gasteiger partial charge in [-0.3, -0.25) is 4.79 Å². The number of nitrogens with zero attached hydrogens (tertiary/aromatic N) is 1. The van der Waals surface area contributed by atoms with Crippen molar-refractivity contribution in [1.29, 1.82) is 0 Å². The first-order valence-corrected chi connectivity index (χ1v) is 9.06. The molecule has 0 unspecified atom stereocenters. The Labute approximate surface area is 164 Å². The van der Waals surface area contributed by atoms with Gasteiger partial charge in [0.2, 0.25) is 0 Å². The lowest BCUT2D eigenvalue weighted by atomic mass is 9.82. The first kappa shape index (κ1) is 22.0. The van der Waals surface area contributed by atoms with Crippen LogP contribution in [0.4, 0.5) is 18.9 Å². The monoisotopic (exact) mass is 392 g/mol. The minimum absolute atomic E-state index is 0.185. The molecule has 28 heavy (non-hydrogen) atoms. The molecule has 0 aliphatic rings. The number of amides is 1. The first-order chi connectivity index (χ1) is 12.8. The van der Waals surface area contributed by atoms with E-state index in [4.69, 9.17) is 0 Å². The summed E-state index contributed by atoms with van der Waals surface area (Å²) >= 11 is 0. The zero-order valence-corrected chi connectivity index (χ0v) is 17.2. The average Bonchev–Trinajstić information content (AvgIpc) is 2.55. The predicted octanol–water partition coefficient (Wildman–Crippen LogP) is 5.41. The van der Waals surface area contributed by atoms with Crippen molar-refractivity contribution in [2.45, 2.75) is 39.3 Å². The second-order valence-corrected chi connectivity index (χ2v) is 8.13. The summed E-state index contributed by atoms with van der Waals surface area (Å²) in [6, 6.07) is 8.79. The van der Waals surface area contributed by atoms with Crippen LogP contribution in [0.15, 0.2) is 36.4 Å². The van der Waals surface area contributed by atoms with Crippen molar-refractivity contribution in [1.82, 2.24) is 4.90 Å². The molecule has 2 rings (SSSR count). The molecule has 0 atom stereocenters. The lowest BCUT2D eigenvalue weighted by molar-refractivity contribution is -0.137. The maximum absolute atomic E-state index is 13.2. The van der Waals surface area contributed by atoms with E-state index in [0.29, 0.717) is 17.7 Å². The normalized spacial score (nSPS) is 12.4. The van der Waals surface area contributed by atoms with E-state index in [1.807, 2.05) is 52.8 Å². The molecule has 152 valence electrons. The third-order valence-corrected chi connectivity index (χ3v) is 4.80. The van der Waals surface area contributed by atoms with Gasteiger partial charge in [-0.05, 0) is 68.9 Å². The standard InChI is InChI=1S/C22H27F3N2O/c1-14-7-8-16(11-15(14)2)20(28)26-19-12-17(22(23,24)25)9-10-18(19)21(3,4)13-27(5)6/h7-12H,13H2,1-6H3,(H,26,28). The van der Waals surface area contributed by atoms with Crippen molar-refractivity contribution in [2.24, 2.45) is 0 Å². The zero-order valence-electron chi connectivity index (χ0n) is 17.2. The van der Waals surface area contributed by atoms with Crippen molar-refractivity contribution in [2.75, 3.05) is 26.0 Å². The van der Waals surface area contributed by atoms with Gasteiger partial charge in [0.25, 0.3) is 5.91 Å². The molecule has 0 bridgehead atoms. The van der Waals surface area contributed by atoms with Crippen LogP contribution in [0, 0.1) is 13.8 Å². The molecule has 1 amide bonds. The van der Waals surface area contributed by atoms with Gasteiger partial charge in [-0.25, -0.2) is 0 Å². The molecule has 0 aliphatic heterocycles. The number of anilines is 1. The number of hydrogen-bond acceptors (Lipinski definition) is 2. The fourth-order valence-electron chi connectivity index (χ4n) is 3.37. The third kappa shape index (κ3) is 5.13. The van der Waals surface area contributed by atoms with E-state index in [-0.39, 0.29) is 5.69 Å². The van der Waals surface area contributed by atoms with E-state index in [1.54, 1.807) is 12.1 Å². The van der Waals surface area contributed by atoms with Crippen LogP contribution < -0.4 is 5.32 Å². The first-order valence-electron chi connectivity index (χ1n) is 9.06. The fraction of sp³-hybridized carbons (Fsp3) is 0.409. The molecule has 0 saturated carbocycles. The Bertz CT molecular complexity index is 871. The largest absolute Gasteiger partial charge is 0.416 e. The SMILES string of the molecule is Cc1ccc(C(=O)Nc2cc(C(F)(F)F)ccc2C(C)(C)CN(C)C)cc1C. The smallest absolute Gasteiger partial charge is 0.322 e. The lowest BCUT2D eigenvalue weighted by Gasteiger charge is -2.31. The molecule has 0 radical (unpaired) electrons. The minimum Gasteiger partial charge on any atom is -0.322 e. The quantitative estimate of drug-likeness (QED) is 0.738. The Morgan fingerprint density at radius 3 is 2.18 bits per heavy atom. The van der Waals surface area contributed by atoms with Gasteiger partial charge in [0.05, 0.1) is 5.56 Å². The molecule has 2 aromatic carbocycles. The number of alkyl halides is 3. The number of halogens is 3. The van der Waals surface area contributed by atoms with Crippen molar-refractivity contribution >= 4 is 11.6 Å². The molecular formula is C22H27F3N2O. The van der Waals surface area contributed by atoms with Crippen LogP contribution in [0.3, 0.4) is 0 Å². The maximum atomic E-state index is 13.2. The zero-order chi connectivity index (χ0) is 21.3. The van der Waals surface area contributed by atoms with Crippen molar-refractivity contribution in [3.8, 4) is 0 Å². The van der Waals surface area contributed by atoms with Crippen LogP contribution in [0.25, 0.3) is 0 Å². The van der Waals surface area contributed by atoms with Gasteiger partial charge in [0.1, 0.15) is 0 Å². The summed E-state index contributed by atoms with van der Waals surface area (Å²) in [6.07, 6.45) is -4.48. The molecule has 1 N–H and O–H groups in total. The van der Waals surface area contributed by atoms with Crippen LogP contribution in [0.1, 0.15) is 46.5 Å². The summed E-state index contributed by atoms with van der Waals surface area (Å²) < 4.78 is 39.7. The molecule has 2 aromatic rings. The number of likely N-dealkylation sites (N-methyl/N-ethyl adjacent to an activating group) is 1. The van der Waals surface area contributed by atoms with Gasteiger partial charge in [-0.2, -0.15) is 13.2 Å². The number of nitrogens with one attached hydrogen (secondary N) is 1. The minimum atomic E-state index is -4.48. The van der Waals surface area contributed by atoms with Crippen LogP contribution >= 0.6 is 0 Å². The van der Waals surface area contributed by atoms with E-state index < -0.39 is 23.1 Å². The Balaban J connectivity index is 2.49. The van der Waals surface area contributed by atoms with Gasteiger partial charge in [-0.15, -0.1) is 0 Å². The Morgan fingerprint density at radius 2 is 1.64 bits per heavy atom. The van der Waals surface area contributed by atoms with E-state index in [9.17, 15) is 18.0 Å². The van der Waals surface area contributed by atoms with Crippen molar-refractivity contribution in [3.63, 3.8) is 0 Å². The van der Waals surface area contributed by atoms with Gasteiger partial charge < -0.3 is 10.2 Å². The highest BCUT2D eigenvalue weighted by Gasteiger charge is 2.33. The number of aryl methyl sites for hydroxylation is 2. The highest BCUT2D eigenvalue weighted by molar-refractivity contribution is 6.05. The Morgan fingerprint density at radius 1 is 1.00 bits per heavy atom. The summed E-state index contributed by atoms with van der Waals surface area (Å²) in [7, 11) is 3.80. The third-order valence-electron chi connectivity index (χ3n) is 4.80. The topological polar surface area (TPSA) is 32.3 Å². The molecule has 6 heteroatoms. The average molecular weight is 392 g/mol. The summed E-state index contributed by atoms with van der Waals surface area (Å²) in [5.41, 5.74) is 2.01. The molecular weight excluding hydrogens is 365 g/mol. The molecule has 0 spiro atoms. The van der Waals surface area contributed by atoms with Crippen LogP contribution in [-0.4, -0.2) is 31.4 Å². The number of carbonyl (C=O) groups excluding carboxylic acids is 1. The fourth-order valence-corrected chi connectivity index (χ4v) is 3.37. The number of hydrogen-bond donors (Lipinski definition) is 1. The number of rotatable bonds is 5. The van der Waals surface area contributed by atoms with Crippen molar-refractivity contribution in [3.05, 3.63) is 64.2 Å². The molecule has 0 fully saturated rings. The van der Waals surface area contributed by atoms with Crippen LogP contribution in [-0.2, 0) is 11.6 Å². The molecule has 0 aliphatic carbocycles. The summed E-state index contributed by atoms with van der Waals surface area (Å²) in [6.45, 7) is 8.33. The van der Waals surface area contributed by atoms with E-state index in [1.165, 1.54) is 6.07 Å². The van der Waals surface area contributed by atoms with Gasteiger partial charge in [0, 0.05) is 23.2 Å². The summed E-state index contributed by atoms with van der Waals surface area (Å²) in [4.78, 5) is 14.7. The summed E-state index contributed by atoms with van der Waals surface area (Å²) in [5, 5.41) is 2.71. The lowest BCUT2D eigenvalue weighted by Crippen LogP contribution is -2.33. The van der Waals surface area contributed by atoms with Crippen molar-refractivity contribution < 1.29 is 18.0 Å². The summed E-state index contributed by atoms with van der Waals surface area (Å²) in [5.74, 6) is -0.427. The van der Waals surface area contributed by atoms with Gasteiger partial charge >= 0.3 is 6.18 Å². The Hall–Kier alpha value is -2.34. The number of benzene rings is 2. The van der Waals surface area contributed by atoms with Crippen LogP contribution in [0.2, 0.25) is 0 Å². The van der Waals surface area contributed by atoms with Gasteiger partial charge in [0.15, 0.2) is 0 Å². The number of carbonyl (C=O) groups is 1. The van der Waals surface area contributed by atoms with Gasteiger partial charge in [-0.1, -0.05) is 26.0 Å². The predicted molar refractivity (Wildman–Crippen MR) is 107 cm³/mol. The highest BCUT2D eigenvalue weighted by Crippen LogP contribution is 2.37. The second kappa shape index (κ2) is 7.95. The van der Waals surface area contributed by atoms with E-state index in [0.717, 1.165) is 23.3 Å². The Kier molecular flexibility index (Phi) is 6.24. The van der Waals surface area contributed by atoms with Crippen LogP contribution in [0.5, 0.6) is 0 Å². The maximum Gasteiger partial charge on any atom is 0.416 e. The second-order valence-electron chi connectivity index (χ2n) is 8.13. The molecule has 3 nitrogen and oxygen atoms in total. The van der Waals surface area contributed by atoms with E-state index in [2.05, 4.69) is 5.32 Å². The van der Waals surface area contributed by atoms with E-state index >= 15 is 0 Å².